The summed E-state index contributed by atoms with van der Waals surface area (Å²) in [5, 5.41) is 0. The van der Waals surface area contributed by atoms with Crippen molar-refractivity contribution in [1.29, 1.82) is 0 Å². The summed E-state index contributed by atoms with van der Waals surface area (Å²) >= 11 is 1.82. The molecule has 0 aliphatic rings. The van der Waals surface area contributed by atoms with E-state index in [2.05, 4.69) is 13.2 Å². The van der Waals surface area contributed by atoms with Gasteiger partial charge < -0.3 is 1.43 Å². The van der Waals surface area contributed by atoms with Crippen LogP contribution in [0.2, 0.25) is 0 Å². The summed E-state index contributed by atoms with van der Waals surface area (Å²) in [6.07, 6.45) is 3.79. The molecule has 0 N–H and O–H groups in total. The van der Waals surface area contributed by atoms with Crippen LogP contribution in [0.4, 0.5) is 0 Å². The van der Waals surface area contributed by atoms with E-state index in [1.165, 1.54) is 0 Å². The third kappa shape index (κ3) is 9.66. The first-order valence-corrected chi connectivity index (χ1v) is 3.37. The van der Waals surface area contributed by atoms with Crippen LogP contribution in [0.25, 0.3) is 0 Å². The molecule has 0 unspecified atom stereocenters. The Morgan fingerprint density at radius 3 is 1.88 bits per heavy atom. The molecule has 0 aliphatic carbocycles. The van der Waals surface area contributed by atoms with Gasteiger partial charge in [0.05, 0.1) is 0 Å². The maximum atomic E-state index is 3.58. The van der Waals surface area contributed by atoms with Gasteiger partial charge in [0.15, 0.2) is 0 Å². The minimum atomic E-state index is 0. The van der Waals surface area contributed by atoms with Crippen molar-refractivity contribution in [3.05, 3.63) is 25.3 Å². The first kappa shape index (κ1) is 11.3. The molecule has 0 heterocycles. The fourth-order valence-corrected chi connectivity index (χ4v) is 0.704. The second-order valence-electron chi connectivity index (χ2n) is 1.11. The summed E-state index contributed by atoms with van der Waals surface area (Å²) in [5.74, 6) is 2.07. The molecule has 2 heteroatoms. The fourth-order valence-electron chi connectivity index (χ4n) is 0.235. The van der Waals surface area contributed by atoms with Crippen molar-refractivity contribution in [2.24, 2.45) is 0 Å². The molecule has 0 atom stereocenters. The third-order valence-corrected chi connectivity index (χ3v) is 1.41. The Bertz CT molecular complexity index is 58.1. The molecule has 0 aromatic carbocycles. The Kier molecular flexibility index (Phi) is 14.7. The van der Waals surface area contributed by atoms with Crippen LogP contribution in [-0.2, 0) is 0 Å². The summed E-state index contributed by atoms with van der Waals surface area (Å²) in [6.45, 7) is 7.15. The molecule has 0 saturated heterocycles. The summed E-state index contributed by atoms with van der Waals surface area (Å²) in [6, 6.07) is 0. The van der Waals surface area contributed by atoms with Crippen LogP contribution in [0.3, 0.4) is 0 Å². The zero-order chi connectivity index (χ0) is 5.54. The van der Waals surface area contributed by atoms with Crippen LogP contribution >= 0.6 is 11.8 Å². The third-order valence-electron chi connectivity index (χ3n) is 0.471. The van der Waals surface area contributed by atoms with Crippen molar-refractivity contribution in [1.82, 2.24) is 0 Å². The summed E-state index contributed by atoms with van der Waals surface area (Å²) in [4.78, 5) is 0. The van der Waals surface area contributed by atoms with Crippen molar-refractivity contribution < 1.29 is 20.3 Å². The molecule has 0 saturated carbocycles. The fraction of sp³-hybridized carbons (Fsp3) is 0.333. The molecular formula is C6H11LiS. The van der Waals surface area contributed by atoms with E-state index < -0.39 is 0 Å². The molecule has 0 spiro atoms. The van der Waals surface area contributed by atoms with Crippen molar-refractivity contribution >= 4 is 11.8 Å². The maximum absolute atomic E-state index is 3.58. The molecule has 0 aliphatic heterocycles. The van der Waals surface area contributed by atoms with Crippen LogP contribution in [0.5, 0.6) is 0 Å². The molecule has 0 radical (unpaired) electrons. The smallest absolute Gasteiger partial charge is 1.00 e. The first-order chi connectivity index (χ1) is 3.41. The molecule has 42 valence electrons. The number of hydrogen-bond acceptors (Lipinski definition) is 1. The van der Waals surface area contributed by atoms with E-state index in [0.717, 1.165) is 11.5 Å². The average Bonchev–Trinajstić information content (AvgIpc) is 1.69. The largest absolute Gasteiger partial charge is 1.00 e. The monoisotopic (exact) mass is 122 g/mol. The van der Waals surface area contributed by atoms with E-state index >= 15 is 0 Å². The summed E-state index contributed by atoms with van der Waals surface area (Å²) in [7, 11) is 0. The number of rotatable bonds is 4. The summed E-state index contributed by atoms with van der Waals surface area (Å²) < 4.78 is 0. The van der Waals surface area contributed by atoms with Gasteiger partial charge in [-0.25, -0.2) is 0 Å². The van der Waals surface area contributed by atoms with Crippen LogP contribution < -0.4 is 18.9 Å². The van der Waals surface area contributed by atoms with E-state index in [1.54, 1.807) is 0 Å². The maximum Gasteiger partial charge on any atom is 1.00 e. The number of hydrogen-bond donors (Lipinski definition) is 0. The second kappa shape index (κ2) is 10.4. The Morgan fingerprint density at radius 2 is 1.62 bits per heavy atom. The van der Waals surface area contributed by atoms with Crippen molar-refractivity contribution in [2.75, 3.05) is 11.5 Å². The van der Waals surface area contributed by atoms with Gasteiger partial charge in [-0.05, 0) is 0 Å². The Labute approximate surface area is 69.1 Å². The van der Waals surface area contributed by atoms with Gasteiger partial charge >= 0.3 is 18.9 Å². The average molecular weight is 122 g/mol. The van der Waals surface area contributed by atoms with E-state index in [-0.39, 0.29) is 20.3 Å². The standard InChI is InChI=1S/C6H10S.Li.H/c1-3-5-7-6-4-2;;/h3-4H,1-2,5-6H2;;/q;+1;-1. The summed E-state index contributed by atoms with van der Waals surface area (Å²) in [5.41, 5.74) is 0. The van der Waals surface area contributed by atoms with Gasteiger partial charge in [0.1, 0.15) is 0 Å². The van der Waals surface area contributed by atoms with Crippen molar-refractivity contribution in [3.8, 4) is 0 Å². The molecule has 0 bridgehead atoms. The zero-order valence-electron chi connectivity index (χ0n) is 6.39. The first-order valence-electron chi connectivity index (χ1n) is 2.21. The topological polar surface area (TPSA) is 0 Å². The van der Waals surface area contributed by atoms with Gasteiger partial charge in [0, 0.05) is 11.5 Å². The van der Waals surface area contributed by atoms with E-state index in [9.17, 15) is 0 Å². The van der Waals surface area contributed by atoms with E-state index in [0.29, 0.717) is 0 Å². The van der Waals surface area contributed by atoms with Gasteiger partial charge in [-0.3, -0.25) is 0 Å². The minimum Gasteiger partial charge on any atom is -1.00 e. The predicted molar refractivity (Wildman–Crippen MR) is 38.8 cm³/mol. The SMILES string of the molecule is C=CCSCC=C.[H-].[Li+]. The second-order valence-corrected chi connectivity index (χ2v) is 2.19. The minimum absolute atomic E-state index is 0. The molecule has 0 fully saturated rings. The molecule has 0 amide bonds. The van der Waals surface area contributed by atoms with Gasteiger partial charge in [-0.2, -0.15) is 11.8 Å². The molecule has 0 aromatic rings. The van der Waals surface area contributed by atoms with Crippen LogP contribution in [-0.4, -0.2) is 11.5 Å². The van der Waals surface area contributed by atoms with Crippen LogP contribution in [0, 0.1) is 0 Å². The van der Waals surface area contributed by atoms with E-state index in [4.69, 9.17) is 0 Å². The quantitative estimate of drug-likeness (QED) is 0.267. The number of thioether (sulfide) groups is 1. The van der Waals surface area contributed by atoms with Gasteiger partial charge in [0.2, 0.25) is 0 Å². The van der Waals surface area contributed by atoms with Gasteiger partial charge in [-0.15, -0.1) is 13.2 Å². The normalized spacial score (nSPS) is 7.00. The van der Waals surface area contributed by atoms with Crippen LogP contribution in [0.15, 0.2) is 25.3 Å². The molecule has 8 heavy (non-hydrogen) atoms. The van der Waals surface area contributed by atoms with Crippen molar-refractivity contribution in [2.45, 2.75) is 0 Å². The Morgan fingerprint density at radius 1 is 1.25 bits per heavy atom. The molecule has 0 aromatic heterocycles. The van der Waals surface area contributed by atoms with Crippen LogP contribution in [0.1, 0.15) is 1.43 Å². The Hall–Kier alpha value is 0.427. The van der Waals surface area contributed by atoms with Crippen molar-refractivity contribution in [3.63, 3.8) is 0 Å². The molecular weight excluding hydrogens is 111 g/mol. The van der Waals surface area contributed by atoms with Gasteiger partial charge in [0.25, 0.3) is 0 Å². The van der Waals surface area contributed by atoms with Gasteiger partial charge in [-0.1, -0.05) is 12.2 Å². The molecule has 0 rings (SSSR count). The zero-order valence-corrected chi connectivity index (χ0v) is 6.21. The molecule has 0 nitrogen and oxygen atoms in total. The van der Waals surface area contributed by atoms with E-state index in [1.807, 2.05) is 23.9 Å². The predicted octanol–water partition coefficient (Wildman–Crippen LogP) is -0.792. The Balaban J connectivity index is -0.000000180.